The van der Waals surface area contributed by atoms with Gasteiger partial charge in [0.25, 0.3) is 5.91 Å². The zero-order valence-electron chi connectivity index (χ0n) is 22.7. The fourth-order valence-corrected chi connectivity index (χ4v) is 5.63. The Labute approximate surface area is 209 Å². The second-order valence-electron chi connectivity index (χ2n) is 11.1. The molecule has 0 saturated heterocycles. The summed E-state index contributed by atoms with van der Waals surface area (Å²) in [5.74, 6) is -0.693. The molecule has 1 aromatic carbocycles. The molecular formula is C28H50N2O3Si. The molecule has 0 aliphatic heterocycles. The fourth-order valence-electron chi connectivity index (χ4n) is 3.74. The maximum absolute atomic E-state index is 12.1. The molecule has 0 fully saturated rings. The summed E-state index contributed by atoms with van der Waals surface area (Å²) in [5, 5.41) is 6.52. The predicted octanol–water partition coefficient (Wildman–Crippen LogP) is 7.41. The number of amides is 1. The zero-order valence-corrected chi connectivity index (χ0v) is 23.7. The molecule has 6 heteroatoms. The number of carbonyl (C=O) groups is 2. The summed E-state index contributed by atoms with van der Waals surface area (Å²) >= 11 is 0. The van der Waals surface area contributed by atoms with Crippen molar-refractivity contribution in [1.29, 1.82) is 0 Å². The molecule has 0 heterocycles. The third kappa shape index (κ3) is 12.6. The van der Waals surface area contributed by atoms with E-state index in [1.165, 1.54) is 57.4 Å². The minimum atomic E-state index is -1.08. The number of carbonyl (C=O) groups excluding carboxylic acids is 2. The van der Waals surface area contributed by atoms with Gasteiger partial charge in [0.1, 0.15) is 6.54 Å². The lowest BCUT2D eigenvalue weighted by atomic mass is 10.1. The summed E-state index contributed by atoms with van der Waals surface area (Å²) in [4.78, 5) is 23.4. The summed E-state index contributed by atoms with van der Waals surface area (Å²) in [6.07, 6.45) is 12.0. The van der Waals surface area contributed by atoms with Gasteiger partial charge < -0.3 is 15.4 Å². The SMILES string of the molecule is CCOC(=O)CNC(=O)c1ccc(NCCCCCCCCCCC[Si](C)(C)C(C)(C)C)cc1. The van der Waals surface area contributed by atoms with E-state index in [0.29, 0.717) is 17.2 Å². The standard InChI is InChI=1S/C28H50N2O3Si/c1-7-33-26(31)23-30-27(32)24-17-19-25(20-18-24)29-21-15-13-11-9-8-10-12-14-16-22-34(5,6)28(2,3)4/h17-20,29H,7-16,21-23H2,1-6H3,(H,30,32). The summed E-state index contributed by atoms with van der Waals surface area (Å²) in [6.45, 7) is 15.2. The Bertz CT molecular complexity index is 711. The number of hydrogen-bond donors (Lipinski definition) is 2. The highest BCUT2D eigenvalue weighted by atomic mass is 28.3. The summed E-state index contributed by atoms with van der Waals surface area (Å²) in [6, 6.07) is 8.83. The number of benzene rings is 1. The molecule has 0 spiro atoms. The average molecular weight is 491 g/mol. The van der Waals surface area contributed by atoms with Crippen molar-refractivity contribution >= 4 is 25.6 Å². The van der Waals surface area contributed by atoms with Gasteiger partial charge in [-0.15, -0.1) is 0 Å². The van der Waals surface area contributed by atoms with Gasteiger partial charge in [0.15, 0.2) is 0 Å². The second kappa shape index (κ2) is 16.0. The molecule has 0 bridgehead atoms. The van der Waals surface area contributed by atoms with Gasteiger partial charge in [-0.25, -0.2) is 0 Å². The Kier molecular flexibility index (Phi) is 14.2. The number of anilines is 1. The topological polar surface area (TPSA) is 67.4 Å². The molecule has 0 atom stereocenters. The van der Waals surface area contributed by atoms with Crippen molar-refractivity contribution in [2.45, 2.75) is 110 Å². The minimum Gasteiger partial charge on any atom is -0.465 e. The van der Waals surface area contributed by atoms with Crippen LogP contribution in [0.3, 0.4) is 0 Å². The van der Waals surface area contributed by atoms with Crippen LogP contribution >= 0.6 is 0 Å². The molecule has 0 radical (unpaired) electrons. The molecule has 0 aliphatic carbocycles. The normalized spacial score (nSPS) is 11.8. The van der Waals surface area contributed by atoms with E-state index in [9.17, 15) is 9.59 Å². The first-order valence-corrected chi connectivity index (χ1v) is 16.6. The van der Waals surface area contributed by atoms with Crippen LogP contribution in [0.4, 0.5) is 5.69 Å². The lowest BCUT2D eigenvalue weighted by Gasteiger charge is -2.37. The maximum atomic E-state index is 12.1. The van der Waals surface area contributed by atoms with Crippen LogP contribution in [0.2, 0.25) is 24.2 Å². The molecule has 0 aliphatic rings. The monoisotopic (exact) mass is 490 g/mol. The average Bonchev–Trinajstić information content (AvgIpc) is 2.78. The van der Waals surface area contributed by atoms with E-state index in [0.717, 1.165) is 18.7 Å². The van der Waals surface area contributed by atoms with Crippen LogP contribution in [0.25, 0.3) is 0 Å². The first-order valence-electron chi connectivity index (χ1n) is 13.3. The predicted molar refractivity (Wildman–Crippen MR) is 147 cm³/mol. The number of ether oxygens (including phenoxy) is 1. The van der Waals surface area contributed by atoms with Crippen molar-refractivity contribution in [2.75, 3.05) is 25.0 Å². The molecule has 0 aromatic heterocycles. The van der Waals surface area contributed by atoms with Gasteiger partial charge in [-0.05, 0) is 42.6 Å². The van der Waals surface area contributed by atoms with Gasteiger partial charge in [0.2, 0.25) is 0 Å². The maximum Gasteiger partial charge on any atom is 0.325 e. The third-order valence-electron chi connectivity index (χ3n) is 7.18. The lowest BCUT2D eigenvalue weighted by molar-refractivity contribution is -0.141. The second-order valence-corrected chi connectivity index (χ2v) is 16.8. The van der Waals surface area contributed by atoms with Crippen molar-refractivity contribution in [3.05, 3.63) is 29.8 Å². The Morgan fingerprint density at radius 1 is 0.853 bits per heavy atom. The van der Waals surface area contributed by atoms with Crippen LogP contribution in [-0.4, -0.2) is 39.6 Å². The Morgan fingerprint density at radius 3 is 1.91 bits per heavy atom. The number of nitrogens with one attached hydrogen (secondary N) is 2. The summed E-state index contributed by atoms with van der Waals surface area (Å²) < 4.78 is 4.81. The third-order valence-corrected chi connectivity index (χ3v) is 12.8. The van der Waals surface area contributed by atoms with Gasteiger partial charge in [0, 0.05) is 17.8 Å². The summed E-state index contributed by atoms with van der Waals surface area (Å²) in [7, 11) is -1.08. The van der Waals surface area contributed by atoms with E-state index in [1.807, 2.05) is 12.1 Å². The zero-order chi connectivity index (χ0) is 25.5. The molecule has 2 N–H and O–H groups in total. The highest BCUT2D eigenvalue weighted by Gasteiger charge is 2.33. The van der Waals surface area contributed by atoms with Crippen LogP contribution in [0, 0.1) is 0 Å². The van der Waals surface area contributed by atoms with Gasteiger partial charge in [-0.1, -0.05) is 91.3 Å². The largest absolute Gasteiger partial charge is 0.465 e. The van der Waals surface area contributed by atoms with E-state index in [4.69, 9.17) is 4.74 Å². The first-order chi connectivity index (χ1) is 16.1. The Hall–Kier alpha value is -1.82. The minimum absolute atomic E-state index is 0.107. The number of rotatable bonds is 17. The van der Waals surface area contributed by atoms with Gasteiger partial charge in [-0.2, -0.15) is 0 Å². The molecule has 5 nitrogen and oxygen atoms in total. The number of esters is 1. The van der Waals surface area contributed by atoms with Crippen LogP contribution in [0.1, 0.15) is 95.8 Å². The van der Waals surface area contributed by atoms with Gasteiger partial charge in [0.05, 0.1) is 14.7 Å². The Morgan fingerprint density at radius 2 is 1.38 bits per heavy atom. The van der Waals surface area contributed by atoms with E-state index < -0.39 is 14.0 Å². The number of unbranched alkanes of at least 4 members (excludes halogenated alkanes) is 8. The molecule has 34 heavy (non-hydrogen) atoms. The smallest absolute Gasteiger partial charge is 0.325 e. The van der Waals surface area contributed by atoms with Crippen molar-refractivity contribution in [1.82, 2.24) is 5.32 Å². The first kappa shape index (κ1) is 30.2. The van der Waals surface area contributed by atoms with Crippen LogP contribution in [0.5, 0.6) is 0 Å². The highest BCUT2D eigenvalue weighted by Crippen LogP contribution is 2.39. The van der Waals surface area contributed by atoms with Crippen molar-refractivity contribution in [3.8, 4) is 0 Å². The fraction of sp³-hybridized carbons (Fsp3) is 0.714. The van der Waals surface area contributed by atoms with E-state index in [2.05, 4.69) is 44.5 Å². The van der Waals surface area contributed by atoms with Crippen molar-refractivity contribution < 1.29 is 14.3 Å². The van der Waals surface area contributed by atoms with Crippen LogP contribution < -0.4 is 10.6 Å². The van der Waals surface area contributed by atoms with Gasteiger partial charge in [-0.3, -0.25) is 9.59 Å². The van der Waals surface area contributed by atoms with Crippen molar-refractivity contribution in [2.24, 2.45) is 0 Å². The van der Waals surface area contributed by atoms with E-state index in [1.54, 1.807) is 19.1 Å². The molecule has 0 saturated carbocycles. The van der Waals surface area contributed by atoms with Crippen LogP contribution in [0.15, 0.2) is 24.3 Å². The van der Waals surface area contributed by atoms with Crippen molar-refractivity contribution in [3.63, 3.8) is 0 Å². The van der Waals surface area contributed by atoms with E-state index >= 15 is 0 Å². The summed E-state index contributed by atoms with van der Waals surface area (Å²) in [5.41, 5.74) is 1.55. The molecule has 1 aromatic rings. The molecular weight excluding hydrogens is 440 g/mol. The van der Waals surface area contributed by atoms with E-state index in [-0.39, 0.29) is 12.5 Å². The molecule has 0 unspecified atom stereocenters. The molecule has 1 amide bonds. The molecule has 194 valence electrons. The molecule has 1 rings (SSSR count). The highest BCUT2D eigenvalue weighted by molar-refractivity contribution is 6.80. The van der Waals surface area contributed by atoms with Gasteiger partial charge >= 0.3 is 5.97 Å². The quantitative estimate of drug-likeness (QED) is 0.135. The Balaban J connectivity index is 2.03. The number of hydrogen-bond acceptors (Lipinski definition) is 4. The lowest BCUT2D eigenvalue weighted by Crippen LogP contribution is -2.36. The van der Waals surface area contributed by atoms with Crippen LogP contribution in [-0.2, 0) is 9.53 Å².